The predicted octanol–water partition coefficient (Wildman–Crippen LogP) is -0.395. The zero-order valence-corrected chi connectivity index (χ0v) is 11.3. The summed E-state index contributed by atoms with van der Waals surface area (Å²) in [6.45, 7) is 5.73. The van der Waals surface area contributed by atoms with Gasteiger partial charge < -0.3 is 20.2 Å². The Hall–Kier alpha value is -1.14. The van der Waals surface area contributed by atoms with E-state index in [1.54, 1.807) is 0 Å². The quantitative estimate of drug-likeness (QED) is 0.727. The van der Waals surface area contributed by atoms with Crippen LogP contribution in [0, 0.1) is 5.92 Å². The van der Waals surface area contributed by atoms with E-state index in [1.165, 1.54) is 0 Å². The van der Waals surface area contributed by atoms with Gasteiger partial charge in [0, 0.05) is 39.1 Å². The highest BCUT2D eigenvalue weighted by atomic mass is 16.4. The van der Waals surface area contributed by atoms with E-state index in [1.807, 2.05) is 4.90 Å². The summed E-state index contributed by atoms with van der Waals surface area (Å²) in [5.41, 5.74) is 0. The monoisotopic (exact) mass is 269 g/mol. The van der Waals surface area contributed by atoms with E-state index >= 15 is 0 Å². The fraction of sp³-hybridized carbons (Fsp3) is 0.846. The molecular formula is C13H23N3O3. The van der Waals surface area contributed by atoms with Crippen LogP contribution < -0.4 is 5.32 Å². The van der Waals surface area contributed by atoms with E-state index in [0.717, 1.165) is 45.8 Å². The van der Waals surface area contributed by atoms with Gasteiger partial charge in [-0.15, -0.1) is 0 Å². The van der Waals surface area contributed by atoms with Gasteiger partial charge in [0.2, 0.25) is 5.91 Å². The molecule has 2 aliphatic rings. The topological polar surface area (TPSA) is 72.9 Å². The summed E-state index contributed by atoms with van der Waals surface area (Å²) < 4.78 is 0. The van der Waals surface area contributed by atoms with Crippen LogP contribution in [0.1, 0.15) is 19.3 Å². The Bertz CT molecular complexity index is 321. The number of carbonyl (C=O) groups excluding carboxylic acids is 1. The molecule has 0 atom stereocenters. The Morgan fingerprint density at radius 2 is 1.74 bits per heavy atom. The maximum Gasteiger partial charge on any atom is 0.306 e. The Kier molecular flexibility index (Phi) is 5.15. The molecule has 2 fully saturated rings. The largest absolute Gasteiger partial charge is 0.481 e. The molecule has 0 spiro atoms. The van der Waals surface area contributed by atoms with E-state index < -0.39 is 5.97 Å². The molecule has 0 aromatic rings. The van der Waals surface area contributed by atoms with E-state index in [4.69, 9.17) is 5.11 Å². The molecule has 6 nitrogen and oxygen atoms in total. The number of nitrogens with zero attached hydrogens (tertiary/aromatic N) is 2. The number of rotatable bonds is 4. The molecule has 1 amide bonds. The van der Waals surface area contributed by atoms with Crippen LogP contribution in [0.2, 0.25) is 0 Å². The maximum absolute atomic E-state index is 12.0. The smallest absolute Gasteiger partial charge is 0.306 e. The fourth-order valence-electron chi connectivity index (χ4n) is 2.73. The van der Waals surface area contributed by atoms with Crippen molar-refractivity contribution < 1.29 is 14.7 Å². The molecular weight excluding hydrogens is 246 g/mol. The number of piperazine rings is 1. The number of carboxylic acid groups (broad SMARTS) is 1. The summed E-state index contributed by atoms with van der Waals surface area (Å²) in [7, 11) is 0. The highest BCUT2D eigenvalue weighted by Gasteiger charge is 2.25. The van der Waals surface area contributed by atoms with Gasteiger partial charge in [0.1, 0.15) is 0 Å². The summed E-state index contributed by atoms with van der Waals surface area (Å²) in [4.78, 5) is 27.0. The number of piperidine rings is 1. The van der Waals surface area contributed by atoms with Crippen LogP contribution in [0.5, 0.6) is 0 Å². The molecule has 0 saturated carbocycles. The van der Waals surface area contributed by atoms with Gasteiger partial charge in [-0.1, -0.05) is 0 Å². The van der Waals surface area contributed by atoms with Crippen LogP contribution in [0.4, 0.5) is 0 Å². The Morgan fingerprint density at radius 3 is 2.32 bits per heavy atom. The Balaban J connectivity index is 1.66. The van der Waals surface area contributed by atoms with Crippen molar-refractivity contribution in [2.45, 2.75) is 19.3 Å². The van der Waals surface area contributed by atoms with Gasteiger partial charge in [-0.05, 0) is 25.9 Å². The van der Waals surface area contributed by atoms with Crippen molar-refractivity contribution >= 4 is 11.9 Å². The minimum Gasteiger partial charge on any atom is -0.481 e. The summed E-state index contributed by atoms with van der Waals surface area (Å²) in [6.07, 6.45) is 1.96. The van der Waals surface area contributed by atoms with Gasteiger partial charge in [0.25, 0.3) is 0 Å². The number of hydrogen-bond donors (Lipinski definition) is 2. The highest BCUT2D eigenvalue weighted by Crippen LogP contribution is 2.17. The van der Waals surface area contributed by atoms with E-state index in [9.17, 15) is 9.59 Å². The maximum atomic E-state index is 12.0. The summed E-state index contributed by atoms with van der Waals surface area (Å²) in [5, 5.41) is 12.2. The van der Waals surface area contributed by atoms with Crippen LogP contribution in [-0.2, 0) is 9.59 Å². The first-order chi connectivity index (χ1) is 9.16. The number of carbonyl (C=O) groups is 2. The Morgan fingerprint density at radius 1 is 1.11 bits per heavy atom. The van der Waals surface area contributed by atoms with Gasteiger partial charge in [-0.2, -0.15) is 0 Å². The van der Waals surface area contributed by atoms with Crippen molar-refractivity contribution in [3.05, 3.63) is 0 Å². The van der Waals surface area contributed by atoms with Crippen molar-refractivity contribution in [2.24, 2.45) is 5.92 Å². The van der Waals surface area contributed by atoms with Gasteiger partial charge in [0.05, 0.1) is 5.92 Å². The molecule has 2 rings (SSSR count). The molecule has 2 saturated heterocycles. The standard InChI is InChI=1S/C13H23N3O3/c17-12(16-9-4-14-5-10-16)3-8-15-6-1-11(2-7-15)13(18)19/h11,14H,1-10H2,(H,18,19). The zero-order chi connectivity index (χ0) is 13.7. The average molecular weight is 269 g/mol. The Labute approximate surface area is 113 Å². The van der Waals surface area contributed by atoms with Crippen LogP contribution in [0.3, 0.4) is 0 Å². The van der Waals surface area contributed by atoms with Crippen molar-refractivity contribution in [3.8, 4) is 0 Å². The summed E-state index contributed by atoms with van der Waals surface area (Å²) in [5.74, 6) is -0.654. The normalized spacial score (nSPS) is 22.4. The minimum atomic E-state index is -0.684. The molecule has 0 aromatic heterocycles. The van der Waals surface area contributed by atoms with Crippen molar-refractivity contribution in [3.63, 3.8) is 0 Å². The van der Waals surface area contributed by atoms with Crippen LogP contribution in [0.15, 0.2) is 0 Å². The zero-order valence-electron chi connectivity index (χ0n) is 11.3. The predicted molar refractivity (Wildman–Crippen MR) is 70.9 cm³/mol. The van der Waals surface area contributed by atoms with Crippen LogP contribution >= 0.6 is 0 Å². The molecule has 0 radical (unpaired) electrons. The molecule has 6 heteroatoms. The fourth-order valence-corrected chi connectivity index (χ4v) is 2.73. The van der Waals surface area contributed by atoms with E-state index in [2.05, 4.69) is 10.2 Å². The molecule has 2 N–H and O–H groups in total. The van der Waals surface area contributed by atoms with Gasteiger partial charge in [-0.25, -0.2) is 0 Å². The summed E-state index contributed by atoms with van der Waals surface area (Å²) >= 11 is 0. The van der Waals surface area contributed by atoms with Crippen molar-refractivity contribution in [1.29, 1.82) is 0 Å². The van der Waals surface area contributed by atoms with Crippen LogP contribution in [0.25, 0.3) is 0 Å². The third-order valence-electron chi connectivity index (χ3n) is 4.05. The van der Waals surface area contributed by atoms with E-state index in [-0.39, 0.29) is 11.8 Å². The molecule has 0 aromatic carbocycles. The third kappa shape index (κ3) is 4.18. The number of nitrogens with one attached hydrogen (secondary N) is 1. The second-order valence-electron chi connectivity index (χ2n) is 5.33. The van der Waals surface area contributed by atoms with Gasteiger partial charge in [0.15, 0.2) is 0 Å². The van der Waals surface area contributed by atoms with Crippen LogP contribution in [-0.4, -0.2) is 72.6 Å². The number of hydrogen-bond acceptors (Lipinski definition) is 4. The molecule has 108 valence electrons. The lowest BCUT2D eigenvalue weighted by molar-refractivity contribution is -0.143. The SMILES string of the molecule is O=C(O)C1CCN(CCC(=O)N2CCNCC2)CC1. The first kappa shape index (κ1) is 14.3. The van der Waals surface area contributed by atoms with E-state index in [0.29, 0.717) is 19.3 Å². The van der Waals surface area contributed by atoms with Crippen molar-refractivity contribution in [2.75, 3.05) is 45.8 Å². The number of aliphatic carboxylic acids is 1. The molecule has 19 heavy (non-hydrogen) atoms. The third-order valence-corrected chi connectivity index (χ3v) is 4.05. The molecule has 0 aliphatic carbocycles. The molecule has 0 unspecified atom stereocenters. The number of carboxylic acids is 1. The molecule has 2 heterocycles. The second-order valence-corrected chi connectivity index (χ2v) is 5.33. The first-order valence-corrected chi connectivity index (χ1v) is 7.10. The number of amides is 1. The lowest BCUT2D eigenvalue weighted by atomic mass is 9.97. The summed E-state index contributed by atoms with van der Waals surface area (Å²) in [6, 6.07) is 0. The highest BCUT2D eigenvalue weighted by molar-refractivity contribution is 5.76. The molecule has 2 aliphatic heterocycles. The molecule has 0 bridgehead atoms. The average Bonchev–Trinajstić information content (AvgIpc) is 2.46. The second kappa shape index (κ2) is 6.86. The first-order valence-electron chi connectivity index (χ1n) is 7.10. The van der Waals surface area contributed by atoms with Gasteiger partial charge in [-0.3, -0.25) is 9.59 Å². The number of likely N-dealkylation sites (tertiary alicyclic amines) is 1. The minimum absolute atomic E-state index is 0.194. The lowest BCUT2D eigenvalue weighted by Crippen LogP contribution is -2.47. The lowest BCUT2D eigenvalue weighted by Gasteiger charge is -2.31. The van der Waals surface area contributed by atoms with Gasteiger partial charge >= 0.3 is 5.97 Å². The van der Waals surface area contributed by atoms with Crippen molar-refractivity contribution in [1.82, 2.24) is 15.1 Å².